The van der Waals surface area contributed by atoms with Crippen LogP contribution in [-0.4, -0.2) is 25.2 Å². The van der Waals surface area contributed by atoms with E-state index in [0.29, 0.717) is 10.7 Å². The number of methoxy groups -OCH3 is 2. The number of carbonyl (C=O) groups is 1. The number of nitrogens with one attached hydrogen (secondary N) is 1. The van der Waals surface area contributed by atoms with E-state index in [1.165, 1.54) is 29.8 Å². The molecule has 0 unspecified atom stereocenters. The van der Waals surface area contributed by atoms with Crippen molar-refractivity contribution in [2.24, 2.45) is 0 Å². The van der Waals surface area contributed by atoms with Gasteiger partial charge < -0.3 is 14.8 Å². The van der Waals surface area contributed by atoms with Gasteiger partial charge in [0.25, 0.3) is 0 Å². The number of benzene rings is 1. The summed E-state index contributed by atoms with van der Waals surface area (Å²) < 4.78 is 11.1. The summed E-state index contributed by atoms with van der Waals surface area (Å²) in [6, 6.07) is 7.51. The van der Waals surface area contributed by atoms with Crippen LogP contribution < -0.4 is 10.1 Å². The van der Waals surface area contributed by atoms with Crippen LogP contribution >= 0.6 is 22.7 Å². The van der Waals surface area contributed by atoms with Gasteiger partial charge in [-0.1, -0.05) is 17.4 Å². The number of rotatable bonds is 4. The third-order valence-electron chi connectivity index (χ3n) is 2.89. The lowest BCUT2D eigenvalue weighted by atomic mass is 10.3. The van der Waals surface area contributed by atoms with Crippen molar-refractivity contribution in [3.8, 4) is 5.75 Å². The molecule has 7 heteroatoms. The molecule has 108 valence electrons. The molecule has 0 fully saturated rings. The largest absolute Gasteiger partial charge is 0.494 e. The van der Waals surface area contributed by atoms with E-state index in [0.717, 1.165) is 21.0 Å². The number of thiophene rings is 1. The molecule has 2 heterocycles. The highest BCUT2D eigenvalue weighted by Crippen LogP contribution is 2.35. The van der Waals surface area contributed by atoms with Gasteiger partial charge in [-0.3, -0.25) is 0 Å². The molecule has 0 aliphatic carbocycles. The molecule has 0 saturated heterocycles. The molecule has 1 aromatic carbocycles. The van der Waals surface area contributed by atoms with Crippen molar-refractivity contribution in [2.75, 3.05) is 19.5 Å². The highest BCUT2D eigenvalue weighted by atomic mass is 32.1. The second-order valence-electron chi connectivity index (χ2n) is 4.11. The molecule has 0 aliphatic rings. The Bertz CT molecular complexity index is 794. The highest BCUT2D eigenvalue weighted by Gasteiger charge is 2.15. The average molecular weight is 320 g/mol. The third kappa shape index (κ3) is 2.57. The van der Waals surface area contributed by atoms with Crippen LogP contribution in [0, 0.1) is 0 Å². The summed E-state index contributed by atoms with van der Waals surface area (Å²) in [6.45, 7) is 0. The van der Waals surface area contributed by atoms with E-state index < -0.39 is 0 Å². The number of aromatic nitrogens is 1. The lowest BCUT2D eigenvalue weighted by molar-refractivity contribution is 0.0602. The SMILES string of the molecule is COC(=O)c1ccsc1Nc1nc2c(OC)cccc2s1. The molecule has 21 heavy (non-hydrogen) atoms. The van der Waals surface area contributed by atoms with Gasteiger partial charge in [-0.05, 0) is 23.6 Å². The molecule has 1 N–H and O–H groups in total. The predicted octanol–water partition coefficient (Wildman–Crippen LogP) is 3.90. The van der Waals surface area contributed by atoms with Gasteiger partial charge in [0, 0.05) is 0 Å². The van der Waals surface area contributed by atoms with Crippen LogP contribution in [-0.2, 0) is 4.74 Å². The molecule has 3 rings (SSSR count). The molecule has 5 nitrogen and oxygen atoms in total. The Morgan fingerprint density at radius 2 is 2.14 bits per heavy atom. The van der Waals surface area contributed by atoms with Crippen molar-refractivity contribution in [2.45, 2.75) is 0 Å². The average Bonchev–Trinajstić information content (AvgIpc) is 3.12. The molecule has 0 atom stereocenters. The maximum atomic E-state index is 11.7. The topological polar surface area (TPSA) is 60.5 Å². The number of carbonyl (C=O) groups excluding carboxylic acids is 1. The van der Waals surface area contributed by atoms with Gasteiger partial charge in [-0.25, -0.2) is 9.78 Å². The van der Waals surface area contributed by atoms with Gasteiger partial charge in [0.2, 0.25) is 0 Å². The van der Waals surface area contributed by atoms with Crippen molar-refractivity contribution < 1.29 is 14.3 Å². The number of para-hydroxylation sites is 1. The standard InChI is InChI=1S/C14H12N2O3S2/c1-18-9-4-3-5-10-11(9)15-14(21-10)16-12-8(6-7-20-12)13(17)19-2/h3-7H,1-2H3,(H,15,16). The van der Waals surface area contributed by atoms with E-state index in [4.69, 9.17) is 9.47 Å². The normalized spacial score (nSPS) is 10.6. The Hall–Kier alpha value is -2.12. The van der Waals surface area contributed by atoms with Crippen LogP contribution in [0.3, 0.4) is 0 Å². The maximum absolute atomic E-state index is 11.7. The Morgan fingerprint density at radius 3 is 2.90 bits per heavy atom. The molecule has 3 aromatic rings. The van der Waals surface area contributed by atoms with Gasteiger partial charge in [0.05, 0.1) is 24.5 Å². The summed E-state index contributed by atoms with van der Waals surface area (Å²) in [6.07, 6.45) is 0. The van der Waals surface area contributed by atoms with E-state index in [-0.39, 0.29) is 5.97 Å². The van der Waals surface area contributed by atoms with Crippen molar-refractivity contribution in [1.82, 2.24) is 4.98 Å². The number of hydrogen-bond acceptors (Lipinski definition) is 7. The second kappa shape index (κ2) is 5.71. The summed E-state index contributed by atoms with van der Waals surface area (Å²) in [5.41, 5.74) is 1.32. The van der Waals surface area contributed by atoms with Gasteiger partial charge in [-0.2, -0.15) is 0 Å². The minimum Gasteiger partial charge on any atom is -0.494 e. The zero-order chi connectivity index (χ0) is 14.8. The van der Waals surface area contributed by atoms with E-state index in [1.54, 1.807) is 13.2 Å². The summed E-state index contributed by atoms with van der Waals surface area (Å²) in [7, 11) is 2.99. The molecule has 0 spiro atoms. The lowest BCUT2D eigenvalue weighted by Crippen LogP contribution is -2.02. The Labute approximate surface area is 129 Å². The van der Waals surface area contributed by atoms with Crippen LogP contribution in [0.2, 0.25) is 0 Å². The number of ether oxygens (including phenoxy) is 2. The molecular formula is C14H12N2O3S2. The Morgan fingerprint density at radius 1 is 1.29 bits per heavy atom. The van der Waals surface area contributed by atoms with E-state index in [2.05, 4.69) is 10.3 Å². The zero-order valence-electron chi connectivity index (χ0n) is 11.4. The third-order valence-corrected chi connectivity index (χ3v) is 4.66. The number of esters is 1. The monoisotopic (exact) mass is 320 g/mol. The predicted molar refractivity (Wildman–Crippen MR) is 85.1 cm³/mol. The number of anilines is 2. The van der Waals surface area contributed by atoms with Gasteiger partial charge >= 0.3 is 5.97 Å². The van der Waals surface area contributed by atoms with Crippen molar-refractivity contribution in [3.63, 3.8) is 0 Å². The van der Waals surface area contributed by atoms with Crippen LogP contribution in [0.4, 0.5) is 10.1 Å². The molecule has 0 saturated carbocycles. The first-order valence-electron chi connectivity index (χ1n) is 6.09. The van der Waals surface area contributed by atoms with Crippen LogP contribution in [0.15, 0.2) is 29.6 Å². The fourth-order valence-electron chi connectivity index (χ4n) is 1.92. The van der Waals surface area contributed by atoms with Gasteiger partial charge in [-0.15, -0.1) is 11.3 Å². The van der Waals surface area contributed by atoms with Crippen LogP contribution in [0.25, 0.3) is 10.2 Å². The minimum atomic E-state index is -0.363. The number of nitrogens with zero attached hydrogens (tertiary/aromatic N) is 1. The molecule has 2 aromatic heterocycles. The molecule has 0 amide bonds. The van der Waals surface area contributed by atoms with Crippen molar-refractivity contribution >= 4 is 49.0 Å². The van der Waals surface area contributed by atoms with Crippen molar-refractivity contribution in [1.29, 1.82) is 0 Å². The van der Waals surface area contributed by atoms with E-state index in [1.807, 2.05) is 23.6 Å². The minimum absolute atomic E-state index is 0.363. The summed E-state index contributed by atoms with van der Waals surface area (Å²) >= 11 is 2.94. The van der Waals surface area contributed by atoms with Crippen LogP contribution in [0.5, 0.6) is 5.75 Å². The van der Waals surface area contributed by atoms with Crippen LogP contribution in [0.1, 0.15) is 10.4 Å². The fraction of sp³-hybridized carbons (Fsp3) is 0.143. The quantitative estimate of drug-likeness (QED) is 0.739. The molecule has 0 radical (unpaired) electrons. The number of thiazole rings is 1. The first kappa shape index (κ1) is 13.8. The first-order valence-corrected chi connectivity index (χ1v) is 7.79. The highest BCUT2D eigenvalue weighted by molar-refractivity contribution is 7.22. The van der Waals surface area contributed by atoms with Gasteiger partial charge in [0.1, 0.15) is 16.3 Å². The maximum Gasteiger partial charge on any atom is 0.340 e. The Kier molecular flexibility index (Phi) is 3.76. The number of hydrogen-bond donors (Lipinski definition) is 1. The number of fused-ring (bicyclic) bond motifs is 1. The van der Waals surface area contributed by atoms with E-state index in [9.17, 15) is 4.79 Å². The smallest absolute Gasteiger partial charge is 0.340 e. The lowest BCUT2D eigenvalue weighted by Gasteiger charge is -2.02. The van der Waals surface area contributed by atoms with E-state index >= 15 is 0 Å². The Balaban J connectivity index is 1.96. The molecule has 0 aliphatic heterocycles. The fourth-order valence-corrected chi connectivity index (χ4v) is 3.64. The zero-order valence-corrected chi connectivity index (χ0v) is 13.0. The second-order valence-corrected chi connectivity index (χ2v) is 6.05. The van der Waals surface area contributed by atoms with Crippen molar-refractivity contribution in [3.05, 3.63) is 35.2 Å². The van der Waals surface area contributed by atoms with Gasteiger partial charge in [0.15, 0.2) is 5.13 Å². The first-order chi connectivity index (χ1) is 10.2. The summed E-state index contributed by atoms with van der Waals surface area (Å²) in [5.74, 6) is 0.369. The summed E-state index contributed by atoms with van der Waals surface area (Å²) in [4.78, 5) is 16.2. The molecular weight excluding hydrogens is 308 g/mol. The summed E-state index contributed by atoms with van der Waals surface area (Å²) in [5, 5.41) is 6.45. The molecule has 0 bridgehead atoms.